The SMILES string of the molecule is CN1CCC(NC(=O)C(N)c2ccccc2)CC1. The summed E-state index contributed by atoms with van der Waals surface area (Å²) in [5.41, 5.74) is 6.82. The Morgan fingerprint density at radius 3 is 2.56 bits per heavy atom. The van der Waals surface area contributed by atoms with E-state index in [1.165, 1.54) is 0 Å². The third-order valence-corrected chi connectivity index (χ3v) is 3.51. The molecule has 0 bridgehead atoms. The van der Waals surface area contributed by atoms with Gasteiger partial charge in [0, 0.05) is 6.04 Å². The second kappa shape index (κ2) is 5.98. The van der Waals surface area contributed by atoms with Gasteiger partial charge in [-0.05, 0) is 38.5 Å². The largest absolute Gasteiger partial charge is 0.352 e. The maximum atomic E-state index is 12.0. The second-order valence-electron chi connectivity index (χ2n) is 4.97. The number of carbonyl (C=O) groups excluding carboxylic acids is 1. The molecule has 4 nitrogen and oxygen atoms in total. The Hall–Kier alpha value is -1.39. The molecule has 1 aliphatic heterocycles. The van der Waals surface area contributed by atoms with Crippen molar-refractivity contribution in [3.63, 3.8) is 0 Å². The first kappa shape index (κ1) is 13.1. The molecular weight excluding hydrogens is 226 g/mol. The highest BCUT2D eigenvalue weighted by atomic mass is 16.2. The number of likely N-dealkylation sites (tertiary alicyclic amines) is 1. The Morgan fingerprint density at radius 2 is 1.94 bits per heavy atom. The van der Waals surface area contributed by atoms with Crippen LogP contribution in [0.2, 0.25) is 0 Å². The first-order valence-electron chi connectivity index (χ1n) is 6.46. The summed E-state index contributed by atoms with van der Waals surface area (Å²) in [5, 5.41) is 3.05. The summed E-state index contributed by atoms with van der Waals surface area (Å²) in [4.78, 5) is 14.3. The van der Waals surface area contributed by atoms with Gasteiger partial charge in [0.2, 0.25) is 5.91 Å². The lowest BCUT2D eigenvalue weighted by Crippen LogP contribution is -2.46. The summed E-state index contributed by atoms with van der Waals surface area (Å²) in [6.45, 7) is 2.07. The van der Waals surface area contributed by atoms with E-state index < -0.39 is 6.04 Å². The van der Waals surface area contributed by atoms with E-state index in [2.05, 4.69) is 17.3 Å². The number of carbonyl (C=O) groups is 1. The quantitative estimate of drug-likeness (QED) is 0.834. The van der Waals surface area contributed by atoms with Crippen molar-refractivity contribution in [2.45, 2.75) is 24.9 Å². The normalized spacial score (nSPS) is 19.4. The van der Waals surface area contributed by atoms with Crippen LogP contribution in [-0.4, -0.2) is 37.0 Å². The lowest BCUT2D eigenvalue weighted by Gasteiger charge is -2.30. The number of rotatable bonds is 3. The van der Waals surface area contributed by atoms with Crippen molar-refractivity contribution in [1.29, 1.82) is 0 Å². The third-order valence-electron chi connectivity index (χ3n) is 3.51. The van der Waals surface area contributed by atoms with E-state index >= 15 is 0 Å². The molecular formula is C14H21N3O. The fourth-order valence-corrected chi connectivity index (χ4v) is 2.26. The summed E-state index contributed by atoms with van der Waals surface area (Å²) < 4.78 is 0. The van der Waals surface area contributed by atoms with E-state index in [-0.39, 0.29) is 11.9 Å². The number of benzene rings is 1. The maximum Gasteiger partial charge on any atom is 0.241 e. The molecule has 98 valence electrons. The van der Waals surface area contributed by atoms with Gasteiger partial charge < -0.3 is 16.0 Å². The highest BCUT2D eigenvalue weighted by Gasteiger charge is 2.22. The molecule has 0 saturated carbocycles. The minimum absolute atomic E-state index is 0.0734. The number of nitrogens with two attached hydrogens (primary N) is 1. The lowest BCUT2D eigenvalue weighted by atomic mass is 10.0. The van der Waals surface area contributed by atoms with Crippen LogP contribution in [0.25, 0.3) is 0 Å². The van der Waals surface area contributed by atoms with Crippen molar-refractivity contribution in [3.05, 3.63) is 35.9 Å². The number of nitrogens with zero attached hydrogens (tertiary/aromatic N) is 1. The van der Waals surface area contributed by atoms with Crippen LogP contribution in [-0.2, 0) is 4.79 Å². The monoisotopic (exact) mass is 247 g/mol. The first-order valence-corrected chi connectivity index (χ1v) is 6.46. The molecule has 1 aromatic carbocycles. The van der Waals surface area contributed by atoms with Crippen LogP contribution in [0.4, 0.5) is 0 Å². The summed E-state index contributed by atoms with van der Waals surface area (Å²) in [7, 11) is 2.10. The van der Waals surface area contributed by atoms with Gasteiger partial charge >= 0.3 is 0 Å². The highest BCUT2D eigenvalue weighted by Crippen LogP contribution is 2.12. The van der Waals surface area contributed by atoms with E-state index in [0.717, 1.165) is 31.5 Å². The fraction of sp³-hybridized carbons (Fsp3) is 0.500. The zero-order valence-electron chi connectivity index (χ0n) is 10.8. The van der Waals surface area contributed by atoms with Crippen LogP contribution in [0, 0.1) is 0 Å². The van der Waals surface area contributed by atoms with Crippen molar-refractivity contribution in [2.75, 3.05) is 20.1 Å². The maximum absolute atomic E-state index is 12.0. The van der Waals surface area contributed by atoms with E-state index in [9.17, 15) is 4.79 Å². The van der Waals surface area contributed by atoms with Crippen LogP contribution in [0.3, 0.4) is 0 Å². The van der Waals surface area contributed by atoms with Crippen LogP contribution in [0.5, 0.6) is 0 Å². The molecule has 0 radical (unpaired) electrons. The zero-order chi connectivity index (χ0) is 13.0. The van der Waals surface area contributed by atoms with E-state index in [0.29, 0.717) is 0 Å². The minimum Gasteiger partial charge on any atom is -0.352 e. The molecule has 18 heavy (non-hydrogen) atoms. The average Bonchev–Trinajstić information content (AvgIpc) is 2.41. The van der Waals surface area contributed by atoms with Gasteiger partial charge in [-0.1, -0.05) is 30.3 Å². The molecule has 1 fully saturated rings. The summed E-state index contributed by atoms with van der Waals surface area (Å²) >= 11 is 0. The van der Waals surface area contributed by atoms with E-state index in [1.54, 1.807) is 0 Å². The van der Waals surface area contributed by atoms with E-state index in [4.69, 9.17) is 5.73 Å². The van der Waals surface area contributed by atoms with Gasteiger partial charge in [-0.2, -0.15) is 0 Å². The van der Waals surface area contributed by atoms with Gasteiger partial charge in [0.15, 0.2) is 0 Å². The predicted molar refractivity (Wildman–Crippen MR) is 72.0 cm³/mol. The summed E-state index contributed by atoms with van der Waals surface area (Å²) in [6.07, 6.45) is 2.01. The molecule has 0 aromatic heterocycles. The van der Waals surface area contributed by atoms with Gasteiger partial charge in [0.05, 0.1) is 0 Å². The lowest BCUT2D eigenvalue weighted by molar-refractivity contribution is -0.123. The van der Waals surface area contributed by atoms with Gasteiger partial charge in [0.1, 0.15) is 6.04 Å². The Kier molecular flexibility index (Phi) is 4.33. The topological polar surface area (TPSA) is 58.4 Å². The zero-order valence-corrected chi connectivity index (χ0v) is 10.8. The minimum atomic E-state index is -0.564. The van der Waals surface area contributed by atoms with Gasteiger partial charge in [-0.15, -0.1) is 0 Å². The fourth-order valence-electron chi connectivity index (χ4n) is 2.26. The van der Waals surface area contributed by atoms with Crippen molar-refractivity contribution in [3.8, 4) is 0 Å². The van der Waals surface area contributed by atoms with E-state index in [1.807, 2.05) is 30.3 Å². The van der Waals surface area contributed by atoms with Gasteiger partial charge in [-0.25, -0.2) is 0 Å². The molecule has 3 N–H and O–H groups in total. The smallest absolute Gasteiger partial charge is 0.241 e. The number of hydrogen-bond acceptors (Lipinski definition) is 3. The summed E-state index contributed by atoms with van der Waals surface area (Å²) in [6, 6.07) is 9.20. The molecule has 1 aromatic rings. The van der Waals surface area contributed by atoms with Crippen molar-refractivity contribution in [1.82, 2.24) is 10.2 Å². The van der Waals surface area contributed by atoms with Crippen LogP contribution in [0.15, 0.2) is 30.3 Å². The van der Waals surface area contributed by atoms with Crippen LogP contribution >= 0.6 is 0 Å². The standard InChI is InChI=1S/C14H21N3O/c1-17-9-7-12(8-10-17)16-14(18)13(15)11-5-3-2-4-6-11/h2-6,12-13H,7-10,15H2,1H3,(H,16,18). The number of hydrogen-bond donors (Lipinski definition) is 2. The molecule has 1 unspecified atom stereocenters. The molecule has 2 rings (SSSR count). The second-order valence-corrected chi connectivity index (χ2v) is 4.97. The molecule has 0 spiro atoms. The molecule has 1 atom stereocenters. The molecule has 0 aliphatic carbocycles. The molecule has 4 heteroatoms. The Bertz CT molecular complexity index is 385. The number of nitrogens with one attached hydrogen (secondary N) is 1. The highest BCUT2D eigenvalue weighted by molar-refractivity contribution is 5.83. The van der Waals surface area contributed by atoms with Gasteiger partial charge in [-0.3, -0.25) is 4.79 Å². The molecule has 1 saturated heterocycles. The van der Waals surface area contributed by atoms with Crippen molar-refractivity contribution in [2.24, 2.45) is 5.73 Å². The molecule has 1 aliphatic rings. The third kappa shape index (κ3) is 3.31. The predicted octanol–water partition coefficient (Wildman–Crippen LogP) is 0.897. The van der Waals surface area contributed by atoms with Crippen molar-refractivity contribution < 1.29 is 4.79 Å². The Labute approximate surface area is 108 Å². The molecule has 1 heterocycles. The van der Waals surface area contributed by atoms with Crippen LogP contribution in [0.1, 0.15) is 24.4 Å². The Balaban J connectivity index is 1.88. The van der Waals surface area contributed by atoms with Gasteiger partial charge in [0.25, 0.3) is 0 Å². The average molecular weight is 247 g/mol. The number of amides is 1. The first-order chi connectivity index (χ1) is 8.66. The number of piperidine rings is 1. The van der Waals surface area contributed by atoms with Crippen LogP contribution < -0.4 is 11.1 Å². The Morgan fingerprint density at radius 1 is 1.33 bits per heavy atom. The van der Waals surface area contributed by atoms with Crippen molar-refractivity contribution >= 4 is 5.91 Å². The summed E-state index contributed by atoms with van der Waals surface area (Å²) in [5.74, 6) is -0.0734. The molecule has 1 amide bonds.